The molecule has 4 rings (SSSR count). The number of hydrogen-bond acceptors (Lipinski definition) is 0. The summed E-state index contributed by atoms with van der Waals surface area (Å²) in [4.78, 5) is 6.41. The van der Waals surface area contributed by atoms with E-state index in [0.29, 0.717) is 0 Å². The summed E-state index contributed by atoms with van der Waals surface area (Å²) in [6, 6.07) is 10.7. The first-order valence-corrected chi connectivity index (χ1v) is 8.35. The first-order valence-electron chi connectivity index (χ1n) is 7.97. The maximum atomic E-state index is 13.3. The third kappa shape index (κ3) is 2.69. The van der Waals surface area contributed by atoms with E-state index >= 15 is 0 Å². The molecule has 0 saturated carbocycles. The van der Waals surface area contributed by atoms with Crippen molar-refractivity contribution in [3.05, 3.63) is 77.7 Å². The quantitative estimate of drug-likeness (QED) is 0.457. The molecular formula is C20H17ClFN2. The van der Waals surface area contributed by atoms with Crippen LogP contribution in [0.1, 0.15) is 23.5 Å². The molecular weight excluding hydrogens is 323 g/mol. The second kappa shape index (κ2) is 5.99. The van der Waals surface area contributed by atoms with E-state index in [0.717, 1.165) is 34.3 Å². The summed E-state index contributed by atoms with van der Waals surface area (Å²) in [5.74, 6) is -0.0475. The van der Waals surface area contributed by atoms with Crippen molar-refractivity contribution in [2.45, 2.75) is 18.8 Å². The van der Waals surface area contributed by atoms with Crippen LogP contribution in [0.4, 0.5) is 4.39 Å². The van der Waals surface area contributed by atoms with Crippen molar-refractivity contribution in [1.29, 1.82) is 0 Å². The van der Waals surface area contributed by atoms with Crippen LogP contribution in [0.3, 0.4) is 0 Å². The molecule has 0 amide bonds. The minimum Gasteiger partial charge on any atom is -0.361 e. The Balaban J connectivity index is 1.56. The van der Waals surface area contributed by atoms with Crippen LogP contribution in [0.25, 0.3) is 21.8 Å². The molecule has 1 atom stereocenters. The molecule has 2 heterocycles. The topological polar surface area (TPSA) is 31.6 Å². The molecule has 0 spiro atoms. The summed E-state index contributed by atoms with van der Waals surface area (Å²) in [5.41, 5.74) is 4.27. The summed E-state index contributed by atoms with van der Waals surface area (Å²) in [5, 5.41) is 2.97. The smallest absolute Gasteiger partial charge is 0.125 e. The number of aryl methyl sites for hydroxylation is 1. The lowest BCUT2D eigenvalue weighted by molar-refractivity contribution is 0.629. The van der Waals surface area contributed by atoms with E-state index in [-0.39, 0.29) is 11.7 Å². The Kier molecular flexibility index (Phi) is 3.81. The standard InChI is InChI=1S/C20H17ClFN2/c1-12(18-11-24-19-8-14(21)4-6-17(18)19)2-3-13-10-23-20-9-15(22)5-7-16(13)20/h4-12,23-24H,1-3H2. The van der Waals surface area contributed by atoms with Crippen LogP contribution in [0, 0.1) is 12.7 Å². The van der Waals surface area contributed by atoms with Gasteiger partial charge in [0.1, 0.15) is 5.82 Å². The largest absolute Gasteiger partial charge is 0.361 e. The average molecular weight is 340 g/mol. The third-order valence-electron chi connectivity index (χ3n) is 4.61. The number of rotatable bonds is 4. The number of aromatic amines is 2. The molecule has 1 radical (unpaired) electrons. The molecule has 2 aromatic heterocycles. The van der Waals surface area contributed by atoms with Gasteiger partial charge in [-0.1, -0.05) is 17.7 Å². The Bertz CT molecular complexity index is 1020. The van der Waals surface area contributed by atoms with Crippen molar-refractivity contribution < 1.29 is 4.39 Å². The lowest BCUT2D eigenvalue weighted by atomic mass is 9.93. The van der Waals surface area contributed by atoms with E-state index in [2.05, 4.69) is 16.9 Å². The molecule has 121 valence electrons. The van der Waals surface area contributed by atoms with Crippen molar-refractivity contribution in [3.8, 4) is 0 Å². The van der Waals surface area contributed by atoms with Crippen LogP contribution in [-0.2, 0) is 6.42 Å². The van der Waals surface area contributed by atoms with Crippen molar-refractivity contribution in [2.24, 2.45) is 0 Å². The Hall–Kier alpha value is -2.26. The molecule has 2 N–H and O–H groups in total. The Morgan fingerprint density at radius 2 is 1.75 bits per heavy atom. The van der Waals surface area contributed by atoms with Gasteiger partial charge in [-0.05, 0) is 67.1 Å². The molecule has 0 bridgehead atoms. The average Bonchev–Trinajstić information content (AvgIpc) is 3.15. The van der Waals surface area contributed by atoms with Gasteiger partial charge in [-0.2, -0.15) is 0 Å². The number of hydrogen-bond donors (Lipinski definition) is 2. The first kappa shape index (κ1) is 15.3. The predicted molar refractivity (Wildman–Crippen MR) is 98.0 cm³/mol. The van der Waals surface area contributed by atoms with Crippen molar-refractivity contribution in [2.75, 3.05) is 0 Å². The zero-order valence-corrected chi connectivity index (χ0v) is 13.8. The van der Waals surface area contributed by atoms with Gasteiger partial charge in [0.2, 0.25) is 0 Å². The highest BCUT2D eigenvalue weighted by Crippen LogP contribution is 2.31. The SMILES string of the molecule is [CH2]C(CCc1c[nH]c2cc(F)ccc12)c1c[nH]c2cc(Cl)ccc12. The van der Waals surface area contributed by atoms with E-state index in [1.54, 1.807) is 0 Å². The number of halogens is 2. The second-order valence-electron chi connectivity index (χ2n) is 6.17. The fourth-order valence-corrected chi connectivity index (χ4v) is 3.48. The van der Waals surface area contributed by atoms with Gasteiger partial charge in [-0.15, -0.1) is 0 Å². The zero-order chi connectivity index (χ0) is 16.7. The van der Waals surface area contributed by atoms with Crippen molar-refractivity contribution in [3.63, 3.8) is 0 Å². The highest BCUT2D eigenvalue weighted by Gasteiger charge is 2.13. The van der Waals surface area contributed by atoms with Gasteiger partial charge >= 0.3 is 0 Å². The van der Waals surface area contributed by atoms with Gasteiger partial charge in [0, 0.05) is 39.2 Å². The lowest BCUT2D eigenvalue weighted by Crippen LogP contribution is -1.95. The minimum atomic E-state index is -0.219. The number of nitrogens with one attached hydrogen (secondary N) is 2. The van der Waals surface area contributed by atoms with Crippen LogP contribution in [0.2, 0.25) is 5.02 Å². The van der Waals surface area contributed by atoms with Gasteiger partial charge in [0.25, 0.3) is 0 Å². The first-order chi connectivity index (χ1) is 11.6. The summed E-state index contributed by atoms with van der Waals surface area (Å²) in [6.07, 6.45) is 5.79. The molecule has 1 unspecified atom stereocenters. The number of benzene rings is 2. The molecule has 0 aliphatic heterocycles. The van der Waals surface area contributed by atoms with Crippen LogP contribution >= 0.6 is 11.6 Å². The summed E-state index contributed by atoms with van der Waals surface area (Å²) >= 11 is 6.04. The van der Waals surface area contributed by atoms with Gasteiger partial charge in [-0.3, -0.25) is 0 Å². The summed E-state index contributed by atoms with van der Waals surface area (Å²) < 4.78 is 13.3. The van der Waals surface area contributed by atoms with Crippen molar-refractivity contribution >= 4 is 33.4 Å². The monoisotopic (exact) mass is 339 g/mol. The zero-order valence-electron chi connectivity index (χ0n) is 13.1. The fourth-order valence-electron chi connectivity index (χ4n) is 3.31. The van der Waals surface area contributed by atoms with E-state index in [1.165, 1.54) is 28.6 Å². The highest BCUT2D eigenvalue weighted by atomic mass is 35.5. The van der Waals surface area contributed by atoms with Gasteiger partial charge in [0.15, 0.2) is 0 Å². The highest BCUT2D eigenvalue weighted by molar-refractivity contribution is 6.31. The van der Waals surface area contributed by atoms with E-state index < -0.39 is 0 Å². The molecule has 0 aliphatic rings. The lowest BCUT2D eigenvalue weighted by Gasteiger charge is -2.10. The maximum absolute atomic E-state index is 13.3. The molecule has 0 saturated heterocycles. The van der Waals surface area contributed by atoms with Gasteiger partial charge in [-0.25, -0.2) is 4.39 Å². The maximum Gasteiger partial charge on any atom is 0.125 e. The van der Waals surface area contributed by atoms with E-state index in [1.807, 2.05) is 36.7 Å². The number of aromatic nitrogens is 2. The second-order valence-corrected chi connectivity index (χ2v) is 6.61. The fraction of sp³-hybridized carbons (Fsp3) is 0.150. The van der Waals surface area contributed by atoms with Crippen LogP contribution in [0.5, 0.6) is 0 Å². The van der Waals surface area contributed by atoms with Gasteiger partial charge in [0.05, 0.1) is 0 Å². The normalized spacial score (nSPS) is 13.0. The number of fused-ring (bicyclic) bond motifs is 2. The van der Waals surface area contributed by atoms with Crippen LogP contribution in [-0.4, -0.2) is 9.97 Å². The summed E-state index contributed by atoms with van der Waals surface area (Å²) in [6.45, 7) is 4.32. The molecule has 0 aliphatic carbocycles. The minimum absolute atomic E-state index is 0.172. The Morgan fingerprint density at radius 1 is 1.00 bits per heavy atom. The Morgan fingerprint density at radius 3 is 2.62 bits per heavy atom. The molecule has 2 nitrogen and oxygen atoms in total. The van der Waals surface area contributed by atoms with E-state index in [4.69, 9.17) is 11.6 Å². The molecule has 4 heteroatoms. The van der Waals surface area contributed by atoms with Crippen molar-refractivity contribution in [1.82, 2.24) is 9.97 Å². The van der Waals surface area contributed by atoms with Crippen LogP contribution in [0.15, 0.2) is 48.8 Å². The van der Waals surface area contributed by atoms with Crippen LogP contribution < -0.4 is 0 Å². The van der Waals surface area contributed by atoms with E-state index in [9.17, 15) is 4.39 Å². The molecule has 24 heavy (non-hydrogen) atoms. The predicted octanol–water partition coefficient (Wildman–Crippen LogP) is 5.99. The molecule has 2 aromatic carbocycles. The third-order valence-corrected chi connectivity index (χ3v) is 4.84. The molecule has 4 aromatic rings. The Labute approximate surface area is 144 Å². The van der Waals surface area contributed by atoms with Gasteiger partial charge < -0.3 is 9.97 Å². The molecule has 0 fully saturated rings. The summed E-state index contributed by atoms with van der Waals surface area (Å²) in [7, 11) is 0. The number of H-pyrrole nitrogens is 2.